The van der Waals surface area contributed by atoms with Crippen molar-refractivity contribution < 1.29 is 9.84 Å². The highest BCUT2D eigenvalue weighted by atomic mass is 16.5. The van der Waals surface area contributed by atoms with E-state index in [1.54, 1.807) is 13.3 Å². The maximum absolute atomic E-state index is 9.16. The lowest BCUT2D eigenvalue weighted by Crippen LogP contribution is -2.30. The lowest BCUT2D eigenvalue weighted by atomic mass is 10.2. The van der Waals surface area contributed by atoms with E-state index in [1.807, 2.05) is 6.07 Å². The van der Waals surface area contributed by atoms with Crippen molar-refractivity contribution in [2.75, 3.05) is 44.9 Å². The molecule has 5 heteroatoms. The topological polar surface area (TPSA) is 57.6 Å². The standard InChI is InChI=1S/C14H25N3O2/c1-3-8-17(9-10-18)14-13(5-4-6-16-14)12-15-7-11-19-2/h4-6,15,18H,3,7-12H2,1-2H3. The number of ether oxygens (including phenoxy) is 1. The normalized spacial score (nSPS) is 10.7. The van der Waals surface area contributed by atoms with Gasteiger partial charge in [-0.05, 0) is 12.5 Å². The van der Waals surface area contributed by atoms with Crippen LogP contribution in [0.15, 0.2) is 18.3 Å². The number of nitrogens with one attached hydrogen (secondary N) is 1. The molecule has 0 aliphatic carbocycles. The zero-order chi connectivity index (χ0) is 13.9. The van der Waals surface area contributed by atoms with Gasteiger partial charge in [0.15, 0.2) is 0 Å². The Hall–Kier alpha value is -1.17. The molecule has 0 atom stereocenters. The number of hydrogen-bond acceptors (Lipinski definition) is 5. The number of aromatic nitrogens is 1. The van der Waals surface area contributed by atoms with Crippen molar-refractivity contribution >= 4 is 5.82 Å². The first-order chi connectivity index (χ1) is 9.33. The number of nitrogens with zero attached hydrogens (tertiary/aromatic N) is 2. The molecule has 2 N–H and O–H groups in total. The quantitative estimate of drug-likeness (QED) is 0.620. The Kier molecular flexibility index (Phi) is 8.13. The van der Waals surface area contributed by atoms with E-state index in [4.69, 9.17) is 9.84 Å². The molecule has 0 aliphatic rings. The molecule has 0 saturated heterocycles. The molecule has 1 rings (SSSR count). The monoisotopic (exact) mass is 267 g/mol. The fourth-order valence-electron chi connectivity index (χ4n) is 1.96. The molecule has 0 unspecified atom stereocenters. The van der Waals surface area contributed by atoms with Crippen LogP contribution < -0.4 is 10.2 Å². The number of rotatable bonds is 10. The third-order valence-corrected chi connectivity index (χ3v) is 2.83. The molecule has 5 nitrogen and oxygen atoms in total. The van der Waals surface area contributed by atoms with Crippen molar-refractivity contribution in [1.82, 2.24) is 10.3 Å². The fourth-order valence-corrected chi connectivity index (χ4v) is 1.96. The third-order valence-electron chi connectivity index (χ3n) is 2.83. The van der Waals surface area contributed by atoms with E-state index in [9.17, 15) is 0 Å². The highest BCUT2D eigenvalue weighted by molar-refractivity contribution is 5.46. The molecule has 0 aromatic carbocycles. The van der Waals surface area contributed by atoms with Gasteiger partial charge in [-0.2, -0.15) is 0 Å². The number of methoxy groups -OCH3 is 1. The Morgan fingerprint density at radius 2 is 2.26 bits per heavy atom. The van der Waals surface area contributed by atoms with E-state index in [-0.39, 0.29) is 6.61 Å². The summed E-state index contributed by atoms with van der Waals surface area (Å²) in [6, 6.07) is 4.02. The summed E-state index contributed by atoms with van der Waals surface area (Å²) in [7, 11) is 1.70. The van der Waals surface area contributed by atoms with Gasteiger partial charge in [-0.25, -0.2) is 4.98 Å². The van der Waals surface area contributed by atoms with Gasteiger partial charge in [0.2, 0.25) is 0 Å². The van der Waals surface area contributed by atoms with Gasteiger partial charge in [-0.3, -0.25) is 0 Å². The predicted octanol–water partition coefficient (Wildman–Crippen LogP) is 1.03. The van der Waals surface area contributed by atoms with Crippen LogP contribution in [-0.2, 0) is 11.3 Å². The summed E-state index contributed by atoms with van der Waals surface area (Å²) in [6.45, 7) is 6.08. The Bertz CT molecular complexity index is 341. The van der Waals surface area contributed by atoms with Gasteiger partial charge in [0, 0.05) is 45.0 Å². The van der Waals surface area contributed by atoms with Crippen LogP contribution in [0.5, 0.6) is 0 Å². The van der Waals surface area contributed by atoms with E-state index < -0.39 is 0 Å². The Balaban J connectivity index is 2.69. The van der Waals surface area contributed by atoms with Crippen LogP contribution in [0.1, 0.15) is 18.9 Å². The van der Waals surface area contributed by atoms with E-state index in [2.05, 4.69) is 28.2 Å². The molecule has 0 saturated carbocycles. The SMILES string of the molecule is CCCN(CCO)c1ncccc1CNCCOC. The maximum Gasteiger partial charge on any atom is 0.133 e. The molecule has 19 heavy (non-hydrogen) atoms. The lowest BCUT2D eigenvalue weighted by Gasteiger charge is -2.24. The van der Waals surface area contributed by atoms with Crippen molar-refractivity contribution in [3.05, 3.63) is 23.9 Å². The van der Waals surface area contributed by atoms with Gasteiger partial charge >= 0.3 is 0 Å². The van der Waals surface area contributed by atoms with Gasteiger partial charge in [-0.15, -0.1) is 0 Å². The molecular weight excluding hydrogens is 242 g/mol. The van der Waals surface area contributed by atoms with Crippen LogP contribution in [-0.4, -0.2) is 50.0 Å². The molecule has 0 radical (unpaired) electrons. The summed E-state index contributed by atoms with van der Waals surface area (Å²) in [5.74, 6) is 0.961. The molecule has 0 fully saturated rings. The molecule has 1 heterocycles. The van der Waals surface area contributed by atoms with Crippen molar-refractivity contribution in [1.29, 1.82) is 0 Å². The molecule has 1 aromatic rings. The van der Waals surface area contributed by atoms with Gasteiger partial charge < -0.3 is 20.1 Å². The molecule has 0 aliphatic heterocycles. The third kappa shape index (κ3) is 5.55. The van der Waals surface area contributed by atoms with Crippen molar-refractivity contribution in [2.45, 2.75) is 19.9 Å². The van der Waals surface area contributed by atoms with Crippen LogP contribution >= 0.6 is 0 Å². The average Bonchev–Trinajstić information content (AvgIpc) is 2.44. The zero-order valence-electron chi connectivity index (χ0n) is 11.9. The van der Waals surface area contributed by atoms with Crippen LogP contribution in [0.2, 0.25) is 0 Å². The van der Waals surface area contributed by atoms with Crippen molar-refractivity contribution in [3.8, 4) is 0 Å². The van der Waals surface area contributed by atoms with Gasteiger partial charge in [0.25, 0.3) is 0 Å². The minimum absolute atomic E-state index is 0.146. The predicted molar refractivity (Wildman–Crippen MR) is 77.4 cm³/mol. The number of aliphatic hydroxyl groups is 1. The minimum Gasteiger partial charge on any atom is -0.395 e. The first kappa shape index (κ1) is 15.9. The van der Waals surface area contributed by atoms with Crippen molar-refractivity contribution in [2.24, 2.45) is 0 Å². The summed E-state index contributed by atoms with van der Waals surface area (Å²) < 4.78 is 5.01. The summed E-state index contributed by atoms with van der Waals surface area (Å²) in [6.07, 6.45) is 2.83. The molecule has 0 amide bonds. The number of hydrogen-bond donors (Lipinski definition) is 2. The minimum atomic E-state index is 0.146. The van der Waals surface area contributed by atoms with Crippen LogP contribution in [0, 0.1) is 0 Å². The van der Waals surface area contributed by atoms with Crippen LogP contribution in [0.25, 0.3) is 0 Å². The van der Waals surface area contributed by atoms with Crippen LogP contribution in [0.4, 0.5) is 5.82 Å². The van der Waals surface area contributed by atoms with Gasteiger partial charge in [0.05, 0.1) is 13.2 Å². The average molecular weight is 267 g/mol. The Labute approximate surface area is 115 Å². The second kappa shape index (κ2) is 9.72. The molecule has 1 aromatic heterocycles. The van der Waals surface area contributed by atoms with Gasteiger partial charge in [0.1, 0.15) is 5.82 Å². The van der Waals surface area contributed by atoms with Gasteiger partial charge in [-0.1, -0.05) is 13.0 Å². The molecule has 108 valence electrons. The molecule has 0 bridgehead atoms. The highest BCUT2D eigenvalue weighted by Crippen LogP contribution is 2.17. The first-order valence-corrected chi connectivity index (χ1v) is 6.82. The van der Waals surface area contributed by atoms with E-state index in [1.165, 1.54) is 0 Å². The zero-order valence-corrected chi connectivity index (χ0v) is 11.9. The van der Waals surface area contributed by atoms with E-state index in [0.717, 1.165) is 37.4 Å². The highest BCUT2D eigenvalue weighted by Gasteiger charge is 2.10. The lowest BCUT2D eigenvalue weighted by molar-refractivity contribution is 0.199. The number of pyridine rings is 1. The fraction of sp³-hybridized carbons (Fsp3) is 0.643. The Morgan fingerprint density at radius 3 is 2.95 bits per heavy atom. The molecular formula is C14H25N3O2. The van der Waals surface area contributed by atoms with Crippen molar-refractivity contribution in [3.63, 3.8) is 0 Å². The second-order valence-corrected chi connectivity index (χ2v) is 4.37. The van der Waals surface area contributed by atoms with Crippen LogP contribution in [0.3, 0.4) is 0 Å². The first-order valence-electron chi connectivity index (χ1n) is 6.82. The van der Waals surface area contributed by atoms with E-state index >= 15 is 0 Å². The number of aliphatic hydroxyl groups excluding tert-OH is 1. The second-order valence-electron chi connectivity index (χ2n) is 4.37. The summed E-state index contributed by atoms with van der Waals surface area (Å²) in [5, 5.41) is 12.5. The smallest absolute Gasteiger partial charge is 0.133 e. The summed E-state index contributed by atoms with van der Waals surface area (Å²) in [4.78, 5) is 6.59. The summed E-state index contributed by atoms with van der Waals surface area (Å²) in [5.41, 5.74) is 1.15. The summed E-state index contributed by atoms with van der Waals surface area (Å²) >= 11 is 0. The maximum atomic E-state index is 9.16. The largest absolute Gasteiger partial charge is 0.395 e. The number of anilines is 1. The Morgan fingerprint density at radius 1 is 1.42 bits per heavy atom. The molecule has 0 spiro atoms. The van der Waals surface area contributed by atoms with E-state index in [0.29, 0.717) is 13.2 Å².